The van der Waals surface area contributed by atoms with Gasteiger partial charge in [0.05, 0.1) is 0 Å². The molecule has 0 radical (unpaired) electrons. The Balaban J connectivity index is 0.000000968. The maximum Gasteiger partial charge on any atom is 0.410 e. The second-order valence-electron chi connectivity index (χ2n) is 9.86. The van der Waals surface area contributed by atoms with Gasteiger partial charge in [0.15, 0.2) is 0 Å². The second kappa shape index (κ2) is 11.6. The standard InChI is InChI=1S/C24H33N3O3.C3H8/c1-24(2,3)30-23(28)27-14-10-18(11-15-27)29-22-9-8-21(26-16-12-25-13-17-26)19-6-4-5-7-20(19)22;1-3-2/h4-9,18,25H,10-17H2,1-3H3;3H2,1-2H3. The zero-order valence-electron chi connectivity index (χ0n) is 21.0. The number of carbonyl (C=O) groups is 1. The van der Waals surface area contributed by atoms with Crippen LogP contribution in [0.25, 0.3) is 10.8 Å². The van der Waals surface area contributed by atoms with E-state index in [0.717, 1.165) is 50.2 Å². The van der Waals surface area contributed by atoms with Crippen molar-refractivity contribution in [2.24, 2.45) is 0 Å². The summed E-state index contributed by atoms with van der Waals surface area (Å²) < 4.78 is 11.9. The average Bonchev–Trinajstić information content (AvgIpc) is 2.80. The van der Waals surface area contributed by atoms with E-state index in [0.29, 0.717) is 13.1 Å². The molecule has 2 aliphatic heterocycles. The van der Waals surface area contributed by atoms with Crippen LogP contribution in [0.1, 0.15) is 53.9 Å². The van der Waals surface area contributed by atoms with Crippen LogP contribution in [-0.4, -0.2) is 62.0 Å². The number of amides is 1. The van der Waals surface area contributed by atoms with Crippen molar-refractivity contribution in [2.75, 3.05) is 44.2 Å². The van der Waals surface area contributed by atoms with Crippen molar-refractivity contribution in [3.05, 3.63) is 36.4 Å². The van der Waals surface area contributed by atoms with Crippen molar-refractivity contribution in [1.29, 1.82) is 0 Å². The monoisotopic (exact) mass is 455 g/mol. The lowest BCUT2D eigenvalue weighted by molar-refractivity contribution is 0.0128. The highest BCUT2D eigenvalue weighted by Gasteiger charge is 2.28. The van der Waals surface area contributed by atoms with E-state index in [9.17, 15) is 4.79 Å². The molecule has 6 nitrogen and oxygen atoms in total. The highest BCUT2D eigenvalue weighted by atomic mass is 16.6. The van der Waals surface area contributed by atoms with Crippen LogP contribution in [-0.2, 0) is 4.74 Å². The first-order valence-corrected chi connectivity index (χ1v) is 12.4. The third-order valence-electron chi connectivity index (χ3n) is 5.71. The summed E-state index contributed by atoms with van der Waals surface area (Å²) in [5.74, 6) is 0.931. The molecular formula is C27H41N3O3. The van der Waals surface area contributed by atoms with Gasteiger partial charge in [-0.25, -0.2) is 4.79 Å². The van der Waals surface area contributed by atoms with E-state index >= 15 is 0 Å². The second-order valence-corrected chi connectivity index (χ2v) is 9.86. The van der Waals surface area contributed by atoms with Crippen LogP contribution >= 0.6 is 0 Å². The molecule has 182 valence electrons. The third-order valence-corrected chi connectivity index (χ3v) is 5.71. The van der Waals surface area contributed by atoms with Gasteiger partial charge < -0.3 is 24.6 Å². The van der Waals surface area contributed by atoms with Crippen molar-refractivity contribution in [1.82, 2.24) is 10.2 Å². The summed E-state index contributed by atoms with van der Waals surface area (Å²) >= 11 is 0. The summed E-state index contributed by atoms with van der Waals surface area (Å²) in [5, 5.41) is 5.81. The molecule has 4 rings (SSSR count). The van der Waals surface area contributed by atoms with E-state index < -0.39 is 5.60 Å². The smallest absolute Gasteiger partial charge is 0.410 e. The number of nitrogens with zero attached hydrogens (tertiary/aromatic N) is 2. The Morgan fingerprint density at radius 2 is 1.58 bits per heavy atom. The van der Waals surface area contributed by atoms with Crippen LogP contribution in [0, 0.1) is 0 Å². The Labute approximate surface area is 199 Å². The normalized spacial score (nSPS) is 17.4. The van der Waals surface area contributed by atoms with Crippen LogP contribution in [0.15, 0.2) is 36.4 Å². The lowest BCUT2D eigenvalue weighted by Gasteiger charge is -2.34. The number of rotatable bonds is 3. The first-order valence-electron chi connectivity index (χ1n) is 12.4. The number of piperazine rings is 1. The first-order chi connectivity index (χ1) is 15.8. The van der Waals surface area contributed by atoms with Crippen molar-refractivity contribution in [3.8, 4) is 5.75 Å². The number of nitrogens with one attached hydrogen (secondary N) is 1. The molecule has 2 aromatic rings. The highest BCUT2D eigenvalue weighted by molar-refractivity contribution is 5.98. The number of hydrogen-bond acceptors (Lipinski definition) is 5. The zero-order valence-corrected chi connectivity index (χ0v) is 21.0. The van der Waals surface area contributed by atoms with Crippen LogP contribution in [0.2, 0.25) is 0 Å². The van der Waals surface area contributed by atoms with Crippen molar-refractivity contribution in [3.63, 3.8) is 0 Å². The Hall–Kier alpha value is -2.47. The Morgan fingerprint density at radius 3 is 2.18 bits per heavy atom. The Kier molecular flexibility index (Phi) is 8.84. The summed E-state index contributed by atoms with van der Waals surface area (Å²) in [6.07, 6.45) is 2.75. The minimum absolute atomic E-state index is 0.108. The predicted molar refractivity (Wildman–Crippen MR) is 136 cm³/mol. The summed E-state index contributed by atoms with van der Waals surface area (Å²) in [4.78, 5) is 16.5. The molecule has 0 spiro atoms. The zero-order chi connectivity index (χ0) is 23.8. The van der Waals surface area contributed by atoms with E-state index in [2.05, 4.69) is 60.5 Å². The van der Waals surface area contributed by atoms with E-state index in [-0.39, 0.29) is 12.2 Å². The van der Waals surface area contributed by atoms with Gasteiger partial charge in [0.25, 0.3) is 0 Å². The SMILES string of the molecule is CC(C)(C)OC(=O)N1CCC(Oc2ccc(N3CCNCC3)c3ccccc23)CC1.CCC. The molecule has 2 aromatic carbocycles. The predicted octanol–water partition coefficient (Wildman–Crippen LogP) is 5.44. The third kappa shape index (κ3) is 7.00. The molecule has 0 bridgehead atoms. The van der Waals surface area contributed by atoms with Crippen LogP contribution in [0.3, 0.4) is 0 Å². The van der Waals surface area contributed by atoms with E-state index in [1.165, 1.54) is 17.5 Å². The lowest BCUT2D eigenvalue weighted by atomic mass is 10.0. The number of hydrogen-bond donors (Lipinski definition) is 1. The lowest BCUT2D eigenvalue weighted by Crippen LogP contribution is -2.44. The largest absolute Gasteiger partial charge is 0.490 e. The molecule has 33 heavy (non-hydrogen) atoms. The van der Waals surface area contributed by atoms with E-state index in [1.54, 1.807) is 4.90 Å². The molecular weight excluding hydrogens is 414 g/mol. The molecule has 0 aromatic heterocycles. The Morgan fingerprint density at radius 1 is 0.970 bits per heavy atom. The molecule has 0 unspecified atom stereocenters. The maximum atomic E-state index is 12.3. The van der Waals surface area contributed by atoms with Crippen LogP contribution < -0.4 is 15.0 Å². The summed E-state index contributed by atoms with van der Waals surface area (Å²) in [6, 6.07) is 12.8. The number of benzene rings is 2. The van der Waals surface area contributed by atoms with Crippen molar-refractivity contribution in [2.45, 2.75) is 65.6 Å². The number of anilines is 1. The molecule has 0 aliphatic carbocycles. The fraction of sp³-hybridized carbons (Fsp3) is 0.593. The van der Waals surface area contributed by atoms with Gasteiger partial charge in [-0.3, -0.25) is 0 Å². The molecule has 6 heteroatoms. The Bertz CT molecular complexity index is 895. The topological polar surface area (TPSA) is 54.0 Å². The molecule has 0 saturated carbocycles. The van der Waals surface area contributed by atoms with E-state index in [4.69, 9.17) is 9.47 Å². The summed E-state index contributed by atoms with van der Waals surface area (Å²) in [5.41, 5.74) is 0.814. The molecule has 2 saturated heterocycles. The average molecular weight is 456 g/mol. The minimum Gasteiger partial charge on any atom is -0.490 e. The minimum atomic E-state index is -0.463. The van der Waals surface area contributed by atoms with Gasteiger partial charge >= 0.3 is 6.09 Å². The quantitative estimate of drug-likeness (QED) is 0.667. The van der Waals surface area contributed by atoms with Crippen LogP contribution in [0.4, 0.5) is 10.5 Å². The molecule has 1 N–H and O–H groups in total. The van der Waals surface area contributed by atoms with Gasteiger partial charge in [0, 0.05) is 68.6 Å². The van der Waals surface area contributed by atoms with Gasteiger partial charge in [0.2, 0.25) is 0 Å². The molecule has 2 aliphatic rings. The van der Waals surface area contributed by atoms with Gasteiger partial charge in [-0.05, 0) is 32.9 Å². The van der Waals surface area contributed by atoms with Gasteiger partial charge in [0.1, 0.15) is 17.5 Å². The van der Waals surface area contributed by atoms with E-state index in [1.807, 2.05) is 20.8 Å². The fourth-order valence-electron chi connectivity index (χ4n) is 4.20. The molecule has 1 amide bonds. The highest BCUT2D eigenvalue weighted by Crippen LogP contribution is 2.35. The number of ether oxygens (including phenoxy) is 2. The number of likely N-dealkylation sites (tertiary alicyclic amines) is 1. The van der Waals surface area contributed by atoms with Crippen LogP contribution in [0.5, 0.6) is 5.75 Å². The summed E-state index contributed by atoms with van der Waals surface area (Å²) in [6.45, 7) is 15.3. The number of piperidine rings is 1. The van der Waals surface area contributed by atoms with Gasteiger partial charge in [-0.15, -0.1) is 0 Å². The fourth-order valence-corrected chi connectivity index (χ4v) is 4.20. The molecule has 2 heterocycles. The van der Waals surface area contributed by atoms with Gasteiger partial charge in [-0.1, -0.05) is 44.5 Å². The van der Waals surface area contributed by atoms with Gasteiger partial charge in [-0.2, -0.15) is 0 Å². The van der Waals surface area contributed by atoms with Crippen molar-refractivity contribution < 1.29 is 14.3 Å². The molecule has 2 fully saturated rings. The summed E-state index contributed by atoms with van der Waals surface area (Å²) in [7, 11) is 0. The molecule has 0 atom stereocenters. The number of carbonyl (C=O) groups excluding carboxylic acids is 1. The number of fused-ring (bicyclic) bond motifs is 1. The first kappa shape index (κ1) is 25.2. The van der Waals surface area contributed by atoms with Crippen molar-refractivity contribution >= 4 is 22.6 Å². The maximum absolute atomic E-state index is 12.3.